The van der Waals surface area contributed by atoms with Crippen molar-refractivity contribution in [2.24, 2.45) is 5.10 Å². The predicted octanol–water partition coefficient (Wildman–Crippen LogP) is 7.13. The van der Waals surface area contributed by atoms with E-state index in [1.54, 1.807) is 12.1 Å². The van der Waals surface area contributed by atoms with Crippen LogP contribution in [-0.4, -0.2) is 11.6 Å². The Balaban J connectivity index is 1.36. The Morgan fingerprint density at radius 3 is 1.76 bits per heavy atom. The number of nitrogens with zero attached hydrogens (tertiary/aromatic N) is 1. The number of carbonyl (C=O) groups excluding carboxylic acids is 1. The summed E-state index contributed by atoms with van der Waals surface area (Å²) in [6.07, 6.45) is 1.34. The van der Waals surface area contributed by atoms with Gasteiger partial charge < -0.3 is 4.74 Å². The Bertz CT molecular complexity index is 1260. The van der Waals surface area contributed by atoms with Gasteiger partial charge in [0.25, 0.3) is 5.91 Å². The van der Waals surface area contributed by atoms with Crippen molar-refractivity contribution in [1.29, 1.82) is 0 Å². The first-order chi connectivity index (χ1) is 17.9. The Hall–Kier alpha value is -4.18. The summed E-state index contributed by atoms with van der Waals surface area (Å²) < 4.78 is 5.93. The molecule has 0 heterocycles. The number of ether oxygens (including phenoxy) is 1. The van der Waals surface area contributed by atoms with Crippen molar-refractivity contribution in [2.45, 2.75) is 45.6 Å². The summed E-state index contributed by atoms with van der Waals surface area (Å²) in [4.78, 5) is 12.8. The number of nitrogens with one attached hydrogen (secondary N) is 1. The number of benzene rings is 4. The van der Waals surface area contributed by atoms with Crippen molar-refractivity contribution in [3.63, 3.8) is 0 Å². The van der Waals surface area contributed by atoms with E-state index in [4.69, 9.17) is 4.74 Å². The molecule has 4 rings (SSSR count). The second-order valence-electron chi connectivity index (χ2n) is 10.2. The zero-order valence-electron chi connectivity index (χ0n) is 21.8. The fourth-order valence-corrected chi connectivity index (χ4v) is 3.97. The maximum atomic E-state index is 12.8. The highest BCUT2D eigenvalue weighted by atomic mass is 16.5. The number of hydrogen-bond acceptors (Lipinski definition) is 3. The van der Waals surface area contributed by atoms with Gasteiger partial charge in [0, 0.05) is 24.1 Å². The molecular weight excluding hydrogens is 456 g/mol. The van der Waals surface area contributed by atoms with Gasteiger partial charge in [0.1, 0.15) is 12.4 Å². The first-order valence-corrected chi connectivity index (χ1v) is 12.6. The molecule has 0 bridgehead atoms. The van der Waals surface area contributed by atoms with Crippen molar-refractivity contribution < 1.29 is 9.53 Å². The van der Waals surface area contributed by atoms with Gasteiger partial charge in [-0.05, 0) is 51.9 Å². The van der Waals surface area contributed by atoms with E-state index in [-0.39, 0.29) is 11.3 Å². The third-order valence-corrected chi connectivity index (χ3v) is 6.16. The SMILES string of the molecule is CC(C)(C)c1ccc(OCc2ccc(C(=O)NN=C(Cc3ccccc3)Cc3ccccc3)cc2)cc1. The molecule has 0 radical (unpaired) electrons. The molecule has 0 spiro atoms. The van der Waals surface area contributed by atoms with Crippen LogP contribution < -0.4 is 10.2 Å². The average Bonchev–Trinajstić information content (AvgIpc) is 2.91. The smallest absolute Gasteiger partial charge is 0.271 e. The van der Waals surface area contributed by atoms with Crippen LogP contribution in [0.2, 0.25) is 0 Å². The first kappa shape index (κ1) is 25.9. The summed E-state index contributed by atoms with van der Waals surface area (Å²) in [5, 5.41) is 4.51. The van der Waals surface area contributed by atoms with E-state index in [9.17, 15) is 4.79 Å². The molecule has 0 aliphatic heterocycles. The fraction of sp³-hybridized carbons (Fsp3) is 0.212. The van der Waals surface area contributed by atoms with Crippen LogP contribution in [0.5, 0.6) is 5.75 Å². The summed E-state index contributed by atoms with van der Waals surface area (Å²) >= 11 is 0. The summed E-state index contributed by atoms with van der Waals surface area (Å²) in [5.41, 5.74) is 8.90. The van der Waals surface area contributed by atoms with Crippen molar-refractivity contribution >= 4 is 11.6 Å². The quantitative estimate of drug-likeness (QED) is 0.200. The minimum absolute atomic E-state index is 0.114. The van der Waals surface area contributed by atoms with E-state index in [0.29, 0.717) is 25.0 Å². The summed E-state index contributed by atoms with van der Waals surface area (Å²) in [7, 11) is 0. The van der Waals surface area contributed by atoms with Gasteiger partial charge in [-0.3, -0.25) is 4.79 Å². The fourth-order valence-electron chi connectivity index (χ4n) is 3.97. The van der Waals surface area contributed by atoms with E-state index < -0.39 is 0 Å². The maximum absolute atomic E-state index is 12.8. The van der Waals surface area contributed by atoms with Crippen LogP contribution in [0, 0.1) is 0 Å². The number of carbonyl (C=O) groups is 1. The molecule has 0 atom stereocenters. The molecule has 188 valence electrons. The van der Waals surface area contributed by atoms with Crippen LogP contribution in [0.4, 0.5) is 0 Å². The highest BCUT2D eigenvalue weighted by Crippen LogP contribution is 2.24. The summed E-state index contributed by atoms with van der Waals surface area (Å²) in [5.74, 6) is 0.595. The standard InChI is InChI=1S/C33H34N2O2/c1-33(2,3)29-18-20-31(21-19-29)37-24-27-14-16-28(17-15-27)32(36)35-34-30(22-25-10-6-4-7-11-25)23-26-12-8-5-9-13-26/h4-21H,22-24H2,1-3H3,(H,35,36). The van der Waals surface area contributed by atoms with Crippen molar-refractivity contribution in [3.05, 3.63) is 137 Å². The molecule has 4 heteroatoms. The van der Waals surface area contributed by atoms with E-state index in [1.807, 2.05) is 60.7 Å². The molecule has 0 aliphatic rings. The van der Waals surface area contributed by atoms with Gasteiger partial charge in [0.15, 0.2) is 0 Å². The zero-order chi connectivity index (χ0) is 26.1. The highest BCUT2D eigenvalue weighted by molar-refractivity contribution is 5.96. The van der Waals surface area contributed by atoms with E-state index >= 15 is 0 Å². The lowest BCUT2D eigenvalue weighted by molar-refractivity contribution is 0.0954. The zero-order valence-corrected chi connectivity index (χ0v) is 21.8. The van der Waals surface area contributed by atoms with Crippen LogP contribution in [0.1, 0.15) is 53.4 Å². The van der Waals surface area contributed by atoms with Gasteiger partial charge in [0.05, 0.1) is 0 Å². The Morgan fingerprint density at radius 1 is 0.703 bits per heavy atom. The lowest BCUT2D eigenvalue weighted by Crippen LogP contribution is -2.21. The van der Waals surface area contributed by atoms with Crippen LogP contribution in [0.15, 0.2) is 114 Å². The van der Waals surface area contributed by atoms with E-state index in [0.717, 1.165) is 28.2 Å². The minimum Gasteiger partial charge on any atom is -0.489 e. The monoisotopic (exact) mass is 490 g/mol. The topological polar surface area (TPSA) is 50.7 Å². The molecule has 0 unspecified atom stereocenters. The highest BCUT2D eigenvalue weighted by Gasteiger charge is 2.13. The number of amides is 1. The number of rotatable bonds is 9. The van der Waals surface area contributed by atoms with Gasteiger partial charge in [-0.25, -0.2) is 5.43 Å². The van der Waals surface area contributed by atoms with Crippen molar-refractivity contribution in [3.8, 4) is 5.75 Å². The molecule has 0 saturated carbocycles. The van der Waals surface area contributed by atoms with Crippen molar-refractivity contribution in [1.82, 2.24) is 5.43 Å². The normalized spacial score (nSPS) is 11.0. The second-order valence-corrected chi connectivity index (χ2v) is 10.2. The van der Waals surface area contributed by atoms with Gasteiger partial charge in [-0.1, -0.05) is 106 Å². The largest absolute Gasteiger partial charge is 0.489 e. The Morgan fingerprint density at radius 2 is 1.24 bits per heavy atom. The summed E-state index contributed by atoms with van der Waals surface area (Å²) in [6, 6.07) is 36.0. The van der Waals surface area contributed by atoms with Crippen LogP contribution in [0.25, 0.3) is 0 Å². The van der Waals surface area contributed by atoms with E-state index in [2.05, 4.69) is 67.7 Å². The molecular formula is C33H34N2O2. The Labute approximate surface area is 220 Å². The first-order valence-electron chi connectivity index (χ1n) is 12.6. The molecule has 4 nitrogen and oxygen atoms in total. The molecule has 0 aliphatic carbocycles. The molecule has 1 N–H and O–H groups in total. The maximum Gasteiger partial charge on any atom is 0.271 e. The lowest BCUT2D eigenvalue weighted by Gasteiger charge is -2.19. The third-order valence-electron chi connectivity index (χ3n) is 6.16. The average molecular weight is 491 g/mol. The summed E-state index contributed by atoms with van der Waals surface area (Å²) in [6.45, 7) is 7.02. The van der Waals surface area contributed by atoms with Gasteiger partial charge in [-0.2, -0.15) is 5.10 Å². The predicted molar refractivity (Wildman–Crippen MR) is 151 cm³/mol. The third kappa shape index (κ3) is 7.91. The van der Waals surface area contributed by atoms with Crippen molar-refractivity contribution in [2.75, 3.05) is 0 Å². The van der Waals surface area contributed by atoms with Gasteiger partial charge in [-0.15, -0.1) is 0 Å². The molecule has 4 aromatic carbocycles. The van der Waals surface area contributed by atoms with Crippen LogP contribution in [-0.2, 0) is 24.9 Å². The molecule has 0 saturated heterocycles. The molecule has 37 heavy (non-hydrogen) atoms. The van der Waals surface area contributed by atoms with Crippen LogP contribution >= 0.6 is 0 Å². The molecule has 4 aromatic rings. The molecule has 1 amide bonds. The molecule has 0 fully saturated rings. The second kappa shape index (κ2) is 12.2. The minimum atomic E-state index is -0.233. The van der Waals surface area contributed by atoms with Gasteiger partial charge >= 0.3 is 0 Å². The molecule has 0 aromatic heterocycles. The van der Waals surface area contributed by atoms with Crippen LogP contribution in [0.3, 0.4) is 0 Å². The number of hydrazone groups is 1. The number of hydrogen-bond donors (Lipinski definition) is 1. The Kier molecular flexibility index (Phi) is 8.52. The lowest BCUT2D eigenvalue weighted by atomic mass is 9.87. The van der Waals surface area contributed by atoms with E-state index in [1.165, 1.54) is 5.56 Å². The van der Waals surface area contributed by atoms with Gasteiger partial charge in [0.2, 0.25) is 0 Å².